The Hall–Kier alpha value is -2.30. The molecule has 118 valence electrons. The molecular formula is C18H18ClN3O. The van der Waals surface area contributed by atoms with Crippen molar-refractivity contribution in [1.29, 1.82) is 0 Å². The van der Waals surface area contributed by atoms with Gasteiger partial charge in [0.05, 0.1) is 6.54 Å². The number of hydrogen-bond donors (Lipinski definition) is 2. The number of hydrogen-bond acceptors (Lipinski definition) is 3. The summed E-state index contributed by atoms with van der Waals surface area (Å²) in [6.07, 6.45) is 2.93. The summed E-state index contributed by atoms with van der Waals surface area (Å²) in [5.74, 6) is 0.917. The molecule has 2 N–H and O–H groups in total. The fourth-order valence-electron chi connectivity index (χ4n) is 2.48. The van der Waals surface area contributed by atoms with E-state index in [1.165, 1.54) is 0 Å². The molecule has 3 aromatic rings. The second-order valence-electron chi connectivity index (χ2n) is 5.35. The molecule has 4 nitrogen and oxygen atoms in total. The monoisotopic (exact) mass is 327 g/mol. The molecule has 0 fully saturated rings. The normalized spacial score (nSPS) is 12.1. The zero-order valence-corrected chi connectivity index (χ0v) is 13.5. The first-order valence-electron chi connectivity index (χ1n) is 7.37. The first kappa shape index (κ1) is 15.6. The molecule has 23 heavy (non-hydrogen) atoms. The maximum absolute atomic E-state index is 10.7. The van der Waals surface area contributed by atoms with Gasteiger partial charge in [0.1, 0.15) is 11.9 Å². The van der Waals surface area contributed by atoms with Crippen molar-refractivity contribution in [1.82, 2.24) is 9.55 Å². The first-order valence-corrected chi connectivity index (χ1v) is 7.75. The van der Waals surface area contributed by atoms with Crippen LogP contribution >= 0.6 is 11.6 Å². The summed E-state index contributed by atoms with van der Waals surface area (Å²) in [5, 5.41) is 14.6. The lowest BCUT2D eigenvalue weighted by Crippen LogP contribution is -2.09. The topological polar surface area (TPSA) is 50.1 Å². The van der Waals surface area contributed by atoms with Crippen LogP contribution in [0.3, 0.4) is 0 Å². The Labute approximate surface area is 140 Å². The number of aromatic nitrogens is 2. The lowest BCUT2D eigenvalue weighted by molar-refractivity contribution is 0.221. The summed E-state index contributed by atoms with van der Waals surface area (Å²) in [4.78, 5) is 4.29. The second kappa shape index (κ2) is 6.86. The molecule has 2 aromatic carbocycles. The molecule has 0 amide bonds. The SMILES string of the molecule is Cn1ccnc1CNc1ccc(Cl)cc1[C@H](O)c1ccccc1. The highest BCUT2D eigenvalue weighted by molar-refractivity contribution is 6.30. The summed E-state index contributed by atoms with van der Waals surface area (Å²) in [6, 6.07) is 15.0. The second-order valence-corrected chi connectivity index (χ2v) is 5.79. The van der Waals surface area contributed by atoms with Gasteiger partial charge in [0.15, 0.2) is 0 Å². The van der Waals surface area contributed by atoms with Crippen molar-refractivity contribution in [2.45, 2.75) is 12.6 Å². The third-order valence-corrected chi connectivity index (χ3v) is 4.02. The van der Waals surface area contributed by atoms with Crippen molar-refractivity contribution in [3.05, 3.63) is 82.9 Å². The van der Waals surface area contributed by atoms with Gasteiger partial charge in [-0.15, -0.1) is 0 Å². The Morgan fingerprint density at radius 3 is 2.70 bits per heavy atom. The van der Waals surface area contributed by atoms with Gasteiger partial charge in [0, 0.05) is 35.7 Å². The van der Waals surface area contributed by atoms with Gasteiger partial charge in [-0.3, -0.25) is 0 Å². The van der Waals surface area contributed by atoms with E-state index in [0.29, 0.717) is 11.6 Å². The van der Waals surface area contributed by atoms with Gasteiger partial charge >= 0.3 is 0 Å². The van der Waals surface area contributed by atoms with Gasteiger partial charge in [-0.05, 0) is 23.8 Å². The first-order chi connectivity index (χ1) is 11.1. The Kier molecular flexibility index (Phi) is 4.65. The molecule has 0 saturated carbocycles. The number of anilines is 1. The summed E-state index contributed by atoms with van der Waals surface area (Å²) in [5.41, 5.74) is 2.42. The average molecular weight is 328 g/mol. The lowest BCUT2D eigenvalue weighted by Gasteiger charge is -2.17. The number of halogens is 1. The highest BCUT2D eigenvalue weighted by atomic mass is 35.5. The van der Waals surface area contributed by atoms with E-state index in [9.17, 15) is 5.11 Å². The van der Waals surface area contributed by atoms with Gasteiger partial charge < -0.3 is 15.0 Å². The molecule has 0 bridgehead atoms. The van der Waals surface area contributed by atoms with Crippen molar-refractivity contribution in [3.8, 4) is 0 Å². The quantitative estimate of drug-likeness (QED) is 0.750. The van der Waals surface area contributed by atoms with E-state index in [0.717, 1.165) is 22.6 Å². The summed E-state index contributed by atoms with van der Waals surface area (Å²) < 4.78 is 1.95. The number of imidazole rings is 1. The van der Waals surface area contributed by atoms with Crippen LogP contribution in [0.15, 0.2) is 60.9 Å². The molecule has 0 radical (unpaired) electrons. The van der Waals surface area contributed by atoms with Crippen LogP contribution in [0, 0.1) is 0 Å². The third kappa shape index (κ3) is 3.55. The van der Waals surface area contributed by atoms with Crippen molar-refractivity contribution in [2.24, 2.45) is 7.05 Å². The minimum absolute atomic E-state index is 0.569. The Bertz CT molecular complexity index is 786. The van der Waals surface area contributed by atoms with Gasteiger partial charge in [0.2, 0.25) is 0 Å². The van der Waals surface area contributed by atoms with Crippen LogP contribution in [-0.2, 0) is 13.6 Å². The van der Waals surface area contributed by atoms with E-state index in [1.54, 1.807) is 12.3 Å². The van der Waals surface area contributed by atoms with Crippen molar-refractivity contribution >= 4 is 17.3 Å². The molecular weight excluding hydrogens is 310 g/mol. The summed E-state index contributed by atoms with van der Waals surface area (Å²) >= 11 is 6.12. The van der Waals surface area contributed by atoms with Gasteiger partial charge in [-0.25, -0.2) is 4.98 Å². The van der Waals surface area contributed by atoms with Crippen LogP contribution in [-0.4, -0.2) is 14.7 Å². The zero-order chi connectivity index (χ0) is 16.2. The van der Waals surface area contributed by atoms with E-state index >= 15 is 0 Å². The molecule has 1 atom stereocenters. The van der Waals surface area contributed by atoms with Crippen LogP contribution in [0.5, 0.6) is 0 Å². The fourth-order valence-corrected chi connectivity index (χ4v) is 2.66. The highest BCUT2D eigenvalue weighted by Crippen LogP contribution is 2.31. The van der Waals surface area contributed by atoms with Crippen LogP contribution < -0.4 is 5.32 Å². The minimum atomic E-state index is -0.737. The Balaban J connectivity index is 1.87. The molecule has 5 heteroatoms. The van der Waals surface area contributed by atoms with Gasteiger partial charge in [-0.1, -0.05) is 41.9 Å². The Morgan fingerprint density at radius 1 is 1.22 bits per heavy atom. The van der Waals surface area contributed by atoms with E-state index in [-0.39, 0.29) is 0 Å². The lowest BCUT2D eigenvalue weighted by atomic mass is 10.00. The molecule has 0 aliphatic carbocycles. The number of benzene rings is 2. The molecule has 0 aliphatic heterocycles. The van der Waals surface area contributed by atoms with Crippen LogP contribution in [0.4, 0.5) is 5.69 Å². The molecule has 1 heterocycles. The summed E-state index contributed by atoms with van der Waals surface area (Å²) in [7, 11) is 1.95. The van der Waals surface area contributed by atoms with Gasteiger partial charge in [-0.2, -0.15) is 0 Å². The van der Waals surface area contributed by atoms with E-state index in [2.05, 4.69) is 10.3 Å². The molecule has 0 unspecified atom stereocenters. The number of rotatable bonds is 5. The predicted molar refractivity (Wildman–Crippen MR) is 92.5 cm³/mol. The van der Waals surface area contributed by atoms with Crippen LogP contribution in [0.2, 0.25) is 5.02 Å². The molecule has 0 aliphatic rings. The Morgan fingerprint density at radius 2 is 2.00 bits per heavy atom. The van der Waals surface area contributed by atoms with Crippen molar-refractivity contribution in [3.63, 3.8) is 0 Å². The van der Waals surface area contributed by atoms with Crippen molar-refractivity contribution in [2.75, 3.05) is 5.32 Å². The number of aryl methyl sites for hydroxylation is 1. The molecule has 0 saturated heterocycles. The van der Waals surface area contributed by atoms with Crippen LogP contribution in [0.25, 0.3) is 0 Å². The fraction of sp³-hybridized carbons (Fsp3) is 0.167. The highest BCUT2D eigenvalue weighted by Gasteiger charge is 2.15. The maximum atomic E-state index is 10.7. The number of nitrogens with one attached hydrogen (secondary N) is 1. The summed E-state index contributed by atoms with van der Waals surface area (Å²) in [6.45, 7) is 0.569. The molecule has 1 aromatic heterocycles. The van der Waals surface area contributed by atoms with Gasteiger partial charge in [0.25, 0.3) is 0 Å². The zero-order valence-electron chi connectivity index (χ0n) is 12.8. The minimum Gasteiger partial charge on any atom is -0.384 e. The third-order valence-electron chi connectivity index (χ3n) is 3.78. The standard InChI is InChI=1S/C18H18ClN3O/c1-22-10-9-20-17(22)12-21-16-8-7-14(19)11-15(16)18(23)13-5-3-2-4-6-13/h2-11,18,21,23H,12H2,1H3/t18-/m1/s1. The molecule has 0 spiro atoms. The number of nitrogens with zero attached hydrogens (tertiary/aromatic N) is 2. The molecule has 3 rings (SSSR count). The van der Waals surface area contributed by atoms with E-state index < -0.39 is 6.10 Å². The van der Waals surface area contributed by atoms with Crippen molar-refractivity contribution < 1.29 is 5.11 Å². The average Bonchev–Trinajstić information content (AvgIpc) is 2.99. The maximum Gasteiger partial charge on any atom is 0.127 e. The predicted octanol–water partition coefficient (Wildman–Crippen LogP) is 3.77. The smallest absolute Gasteiger partial charge is 0.127 e. The van der Waals surface area contributed by atoms with E-state index in [4.69, 9.17) is 11.6 Å². The van der Waals surface area contributed by atoms with E-state index in [1.807, 2.05) is 60.3 Å². The number of aliphatic hydroxyl groups is 1. The van der Waals surface area contributed by atoms with Crippen LogP contribution in [0.1, 0.15) is 23.1 Å². The number of aliphatic hydroxyl groups excluding tert-OH is 1. The largest absolute Gasteiger partial charge is 0.384 e.